The molecule has 0 radical (unpaired) electrons. The number of carbonyl (C=O) groups is 1. The minimum atomic E-state index is -3.70. The fraction of sp³-hybridized carbons (Fsp3) is 0.588. The molecule has 1 N–H and O–H groups in total. The molecule has 1 aliphatic rings. The number of carboxylic acid groups (broad SMARTS) is 1. The molecule has 7 heteroatoms. The summed E-state index contributed by atoms with van der Waals surface area (Å²) in [6.45, 7) is 6.67. The number of aromatic carboxylic acids is 1. The molecular formula is C17H26N2O4S. The van der Waals surface area contributed by atoms with E-state index in [1.807, 2.05) is 0 Å². The first kappa shape index (κ1) is 18.9. The molecule has 1 heterocycles. The van der Waals surface area contributed by atoms with Gasteiger partial charge in [-0.05, 0) is 63.5 Å². The van der Waals surface area contributed by atoms with E-state index >= 15 is 0 Å². The molecule has 1 aromatic rings. The fourth-order valence-corrected chi connectivity index (χ4v) is 4.85. The van der Waals surface area contributed by atoms with Crippen LogP contribution in [0, 0.1) is 6.92 Å². The Kier molecular flexibility index (Phi) is 6.01. The second kappa shape index (κ2) is 7.63. The van der Waals surface area contributed by atoms with E-state index in [0.29, 0.717) is 5.56 Å². The van der Waals surface area contributed by atoms with Gasteiger partial charge in [0.1, 0.15) is 0 Å². The number of carboxylic acids is 1. The molecule has 2 rings (SSSR count). The summed E-state index contributed by atoms with van der Waals surface area (Å²) >= 11 is 0. The number of nitrogens with zero attached hydrogens (tertiary/aromatic N) is 2. The standard InChI is InChI=1S/C17H26N2O4S/c1-4-9-19-10-7-15(8-11-19)18(3)24(22,23)16-12-14(17(20)21)6-5-13(16)2/h5-6,12,15H,4,7-11H2,1-3H3,(H,20,21). The molecule has 0 aliphatic carbocycles. The van der Waals surface area contributed by atoms with Crippen molar-refractivity contribution >= 4 is 16.0 Å². The van der Waals surface area contributed by atoms with E-state index in [9.17, 15) is 13.2 Å². The average Bonchev–Trinajstić information content (AvgIpc) is 2.55. The van der Waals surface area contributed by atoms with E-state index in [0.717, 1.165) is 38.9 Å². The van der Waals surface area contributed by atoms with Crippen LogP contribution in [-0.2, 0) is 10.0 Å². The van der Waals surface area contributed by atoms with Crippen LogP contribution in [0.3, 0.4) is 0 Å². The maximum atomic E-state index is 13.0. The monoisotopic (exact) mass is 354 g/mol. The number of benzene rings is 1. The van der Waals surface area contributed by atoms with E-state index in [4.69, 9.17) is 5.11 Å². The van der Waals surface area contributed by atoms with E-state index in [2.05, 4.69) is 11.8 Å². The van der Waals surface area contributed by atoms with Gasteiger partial charge in [0, 0.05) is 13.1 Å². The lowest BCUT2D eigenvalue weighted by molar-refractivity contribution is 0.0696. The van der Waals surface area contributed by atoms with Gasteiger partial charge >= 0.3 is 5.97 Å². The Morgan fingerprint density at radius 1 is 1.33 bits per heavy atom. The molecule has 1 fully saturated rings. The molecule has 1 aliphatic heterocycles. The maximum Gasteiger partial charge on any atom is 0.335 e. The highest BCUT2D eigenvalue weighted by Crippen LogP contribution is 2.25. The summed E-state index contributed by atoms with van der Waals surface area (Å²) in [5, 5.41) is 9.12. The summed E-state index contributed by atoms with van der Waals surface area (Å²) in [6, 6.07) is 4.19. The minimum absolute atomic E-state index is 0.00894. The van der Waals surface area contributed by atoms with Crippen LogP contribution in [0.4, 0.5) is 0 Å². The topological polar surface area (TPSA) is 77.9 Å². The van der Waals surface area contributed by atoms with Crippen LogP contribution in [0.1, 0.15) is 42.1 Å². The normalized spacial score (nSPS) is 17.3. The smallest absolute Gasteiger partial charge is 0.335 e. The number of aryl methyl sites for hydroxylation is 1. The fourth-order valence-electron chi connectivity index (χ4n) is 3.19. The number of rotatable bonds is 6. The number of sulfonamides is 1. The Bertz CT molecular complexity index is 695. The zero-order chi connectivity index (χ0) is 17.9. The molecule has 0 unspecified atom stereocenters. The lowest BCUT2D eigenvalue weighted by Crippen LogP contribution is -2.45. The van der Waals surface area contributed by atoms with Crippen molar-refractivity contribution < 1.29 is 18.3 Å². The van der Waals surface area contributed by atoms with E-state index in [1.165, 1.54) is 16.4 Å². The second-order valence-corrected chi connectivity index (χ2v) is 8.35. The van der Waals surface area contributed by atoms with Crippen molar-refractivity contribution in [3.63, 3.8) is 0 Å². The molecule has 0 amide bonds. The minimum Gasteiger partial charge on any atom is -0.478 e. The number of piperidine rings is 1. The predicted octanol–water partition coefficient (Wildman–Crippen LogP) is 2.19. The predicted molar refractivity (Wildman–Crippen MR) is 92.8 cm³/mol. The highest BCUT2D eigenvalue weighted by Gasteiger charge is 2.32. The molecule has 1 aromatic carbocycles. The van der Waals surface area contributed by atoms with Gasteiger partial charge in [-0.3, -0.25) is 0 Å². The summed E-state index contributed by atoms with van der Waals surface area (Å²) in [5.74, 6) is -1.12. The largest absolute Gasteiger partial charge is 0.478 e. The summed E-state index contributed by atoms with van der Waals surface area (Å²) in [4.78, 5) is 13.6. The Balaban J connectivity index is 2.21. The Hall–Kier alpha value is -1.44. The molecule has 0 atom stereocenters. The van der Waals surface area contributed by atoms with Crippen LogP contribution in [0.5, 0.6) is 0 Å². The van der Waals surface area contributed by atoms with Gasteiger partial charge < -0.3 is 10.0 Å². The van der Waals surface area contributed by atoms with Crippen LogP contribution in [0.2, 0.25) is 0 Å². The first-order valence-electron chi connectivity index (χ1n) is 8.31. The van der Waals surface area contributed by atoms with Crippen LogP contribution in [-0.4, -0.2) is 61.4 Å². The molecule has 6 nitrogen and oxygen atoms in total. The van der Waals surface area contributed by atoms with Crippen molar-refractivity contribution in [1.82, 2.24) is 9.21 Å². The third kappa shape index (κ3) is 3.96. The molecule has 0 aromatic heterocycles. The summed E-state index contributed by atoms with van der Waals surface area (Å²) < 4.78 is 27.3. The highest BCUT2D eigenvalue weighted by molar-refractivity contribution is 7.89. The Labute approximate surface area is 144 Å². The Morgan fingerprint density at radius 2 is 1.96 bits per heavy atom. The van der Waals surface area contributed by atoms with Crippen molar-refractivity contribution in [3.8, 4) is 0 Å². The van der Waals surface area contributed by atoms with Gasteiger partial charge in [0.25, 0.3) is 0 Å². The lowest BCUT2D eigenvalue weighted by Gasteiger charge is -2.36. The maximum absolute atomic E-state index is 13.0. The van der Waals surface area contributed by atoms with Crippen molar-refractivity contribution in [2.24, 2.45) is 0 Å². The van der Waals surface area contributed by atoms with Gasteiger partial charge in [-0.2, -0.15) is 4.31 Å². The van der Waals surface area contributed by atoms with E-state index in [1.54, 1.807) is 20.0 Å². The molecule has 134 valence electrons. The third-order valence-corrected chi connectivity index (χ3v) is 6.76. The quantitative estimate of drug-likeness (QED) is 0.847. The van der Waals surface area contributed by atoms with E-state index in [-0.39, 0.29) is 16.5 Å². The van der Waals surface area contributed by atoms with Crippen molar-refractivity contribution in [2.75, 3.05) is 26.7 Å². The molecule has 0 spiro atoms. The first-order chi connectivity index (χ1) is 11.3. The van der Waals surface area contributed by atoms with Gasteiger partial charge in [0.15, 0.2) is 0 Å². The average molecular weight is 354 g/mol. The summed E-state index contributed by atoms with van der Waals surface area (Å²) in [7, 11) is -2.10. The SMILES string of the molecule is CCCN1CCC(N(C)S(=O)(=O)c2cc(C(=O)O)ccc2C)CC1. The van der Waals surface area contributed by atoms with Crippen LogP contribution in [0.15, 0.2) is 23.1 Å². The van der Waals surface area contributed by atoms with Crippen molar-refractivity contribution in [3.05, 3.63) is 29.3 Å². The summed E-state index contributed by atoms with van der Waals surface area (Å²) in [5.41, 5.74) is 0.556. The molecular weight excluding hydrogens is 328 g/mol. The third-order valence-electron chi connectivity index (χ3n) is 4.70. The van der Waals surface area contributed by atoms with Gasteiger partial charge in [-0.25, -0.2) is 13.2 Å². The van der Waals surface area contributed by atoms with Crippen LogP contribution >= 0.6 is 0 Å². The zero-order valence-corrected chi connectivity index (χ0v) is 15.3. The van der Waals surface area contributed by atoms with Gasteiger partial charge in [0.05, 0.1) is 10.5 Å². The van der Waals surface area contributed by atoms with Crippen molar-refractivity contribution in [1.29, 1.82) is 0 Å². The first-order valence-corrected chi connectivity index (χ1v) is 9.75. The van der Waals surface area contributed by atoms with Crippen LogP contribution < -0.4 is 0 Å². The molecule has 24 heavy (non-hydrogen) atoms. The van der Waals surface area contributed by atoms with Gasteiger partial charge in [0.2, 0.25) is 10.0 Å². The number of likely N-dealkylation sites (tertiary alicyclic amines) is 1. The van der Waals surface area contributed by atoms with E-state index < -0.39 is 16.0 Å². The highest BCUT2D eigenvalue weighted by atomic mass is 32.2. The van der Waals surface area contributed by atoms with Crippen LogP contribution in [0.25, 0.3) is 0 Å². The van der Waals surface area contributed by atoms with Crippen molar-refractivity contribution in [2.45, 2.75) is 44.0 Å². The van der Waals surface area contributed by atoms with Gasteiger partial charge in [-0.15, -0.1) is 0 Å². The molecule has 1 saturated heterocycles. The second-order valence-electron chi connectivity index (χ2n) is 6.38. The summed E-state index contributed by atoms with van der Waals surface area (Å²) in [6.07, 6.45) is 2.70. The number of hydrogen-bond acceptors (Lipinski definition) is 4. The lowest BCUT2D eigenvalue weighted by atomic mass is 10.1. The Morgan fingerprint density at radius 3 is 2.50 bits per heavy atom. The number of hydrogen-bond donors (Lipinski definition) is 1. The zero-order valence-electron chi connectivity index (χ0n) is 14.5. The van der Waals surface area contributed by atoms with Gasteiger partial charge in [-0.1, -0.05) is 13.0 Å². The molecule has 0 saturated carbocycles. The molecule has 0 bridgehead atoms.